The van der Waals surface area contributed by atoms with Crippen LogP contribution in [-0.4, -0.2) is 103 Å². The fourth-order valence-electron chi connectivity index (χ4n) is 10.4. The number of allylic oxidation sites excluding steroid dienone is 5. The van der Waals surface area contributed by atoms with Crippen LogP contribution in [0.25, 0.3) is 11.9 Å². The lowest BCUT2D eigenvalue weighted by Crippen LogP contribution is -2.54. The Labute approximate surface area is 292 Å². The Morgan fingerprint density at radius 2 is 1.80 bits per heavy atom. The number of methoxy groups -OCH3 is 2. The molecule has 6 unspecified atom stereocenters. The maximum absolute atomic E-state index is 17.0. The number of aliphatic hydroxyl groups is 1. The average Bonchev–Trinajstić information content (AvgIpc) is 3.65. The second kappa shape index (κ2) is 12.9. The van der Waals surface area contributed by atoms with Crippen LogP contribution in [0.15, 0.2) is 34.9 Å². The monoisotopic (exact) mass is 692 g/mol. The number of aliphatic hydroxyl groups excluding tert-OH is 1. The van der Waals surface area contributed by atoms with Crippen molar-refractivity contribution in [3.63, 3.8) is 0 Å². The lowest BCUT2D eigenvalue weighted by atomic mass is 9.66. The van der Waals surface area contributed by atoms with Crippen LogP contribution in [0.1, 0.15) is 70.6 Å². The highest BCUT2D eigenvalue weighted by molar-refractivity contribution is 5.61. The first-order valence-corrected chi connectivity index (χ1v) is 18.8. The van der Waals surface area contributed by atoms with Gasteiger partial charge in [-0.15, -0.1) is 0 Å². The minimum Gasteiger partial charge on any atom is -0.508 e. The van der Waals surface area contributed by atoms with Crippen LogP contribution in [0.4, 0.5) is 14.6 Å². The van der Waals surface area contributed by atoms with Gasteiger partial charge in [-0.05, 0) is 88.0 Å². The number of anilines is 1. The number of alkyl halides is 1. The zero-order valence-corrected chi connectivity index (χ0v) is 29.2. The number of nitrogens with zero attached hydrogens (tertiary/aromatic N) is 4. The van der Waals surface area contributed by atoms with Gasteiger partial charge in [0.1, 0.15) is 41.6 Å². The molecule has 3 aliphatic carbocycles. The first kappa shape index (κ1) is 32.8. The van der Waals surface area contributed by atoms with Crippen molar-refractivity contribution in [3.05, 3.63) is 45.4 Å². The third-order valence-electron chi connectivity index (χ3n) is 13.2. The molecule has 0 amide bonds. The lowest BCUT2D eigenvalue weighted by molar-refractivity contribution is -0.0300. The number of hydrogen-bond donors (Lipinski definition) is 3. The highest BCUT2D eigenvalue weighted by atomic mass is 19.1. The Morgan fingerprint density at radius 3 is 2.48 bits per heavy atom. The summed E-state index contributed by atoms with van der Waals surface area (Å²) in [6, 6.07) is 1.59. The van der Waals surface area contributed by atoms with Crippen LogP contribution in [0.5, 0.6) is 6.01 Å². The van der Waals surface area contributed by atoms with Gasteiger partial charge in [-0.25, -0.2) is 8.78 Å². The zero-order valence-electron chi connectivity index (χ0n) is 29.2. The van der Waals surface area contributed by atoms with Gasteiger partial charge in [0.15, 0.2) is 0 Å². The topological polar surface area (TPSA) is 104 Å². The van der Waals surface area contributed by atoms with Crippen LogP contribution in [0.2, 0.25) is 0 Å². The van der Waals surface area contributed by atoms with Crippen molar-refractivity contribution in [2.75, 3.05) is 45.4 Å². The summed E-state index contributed by atoms with van der Waals surface area (Å²) in [5.41, 5.74) is 2.36. The summed E-state index contributed by atoms with van der Waals surface area (Å²) in [7, 11) is 3.49. The molecule has 1 spiro atoms. The molecular weight excluding hydrogens is 642 g/mol. The Balaban J connectivity index is 1.04. The maximum atomic E-state index is 17.0. The number of nitrogens with one attached hydrogen (secondary N) is 2. The van der Waals surface area contributed by atoms with Crippen molar-refractivity contribution in [3.8, 4) is 6.01 Å². The Morgan fingerprint density at radius 1 is 1.04 bits per heavy atom. The molecule has 10 nitrogen and oxygen atoms in total. The number of hydrogen-bond acceptors (Lipinski definition) is 10. The van der Waals surface area contributed by atoms with E-state index in [1.807, 2.05) is 0 Å². The first-order valence-electron chi connectivity index (χ1n) is 18.8. The quantitative estimate of drug-likeness (QED) is 0.357. The molecule has 50 heavy (non-hydrogen) atoms. The first-order chi connectivity index (χ1) is 24.3. The molecule has 0 aromatic carbocycles. The van der Waals surface area contributed by atoms with E-state index in [-0.39, 0.29) is 35.2 Å². The van der Waals surface area contributed by atoms with E-state index in [1.165, 1.54) is 12.2 Å². The van der Waals surface area contributed by atoms with Gasteiger partial charge in [-0.1, -0.05) is 6.42 Å². The maximum Gasteiger partial charge on any atom is 0.319 e. The van der Waals surface area contributed by atoms with E-state index >= 15 is 8.78 Å². The van der Waals surface area contributed by atoms with Gasteiger partial charge in [-0.3, -0.25) is 4.90 Å². The molecule has 5 fully saturated rings. The SMILES string of the molecule is COC1CC2CCC(C1)N2C[C@H](COc1nc(N2CC3CCC(C2)N3)c2c(n1)=C(F)C(C1=CC(O)=CC3=C(N1)C1(CCC1)CC3)C(F)C=2)OC. The Hall–Kier alpha value is -3.06. The van der Waals surface area contributed by atoms with E-state index in [0.29, 0.717) is 60.1 Å². The van der Waals surface area contributed by atoms with Crippen LogP contribution in [0, 0.1) is 11.3 Å². The molecule has 5 aliphatic heterocycles. The fourth-order valence-corrected chi connectivity index (χ4v) is 10.4. The molecule has 8 aliphatic rings. The van der Waals surface area contributed by atoms with Crippen molar-refractivity contribution in [2.45, 2.75) is 113 Å². The summed E-state index contributed by atoms with van der Waals surface area (Å²) >= 11 is 0. The second-order valence-corrected chi connectivity index (χ2v) is 16.0. The smallest absolute Gasteiger partial charge is 0.319 e. The van der Waals surface area contributed by atoms with Crippen molar-refractivity contribution >= 4 is 17.7 Å². The van der Waals surface area contributed by atoms with E-state index in [0.717, 1.165) is 88.4 Å². The highest BCUT2D eigenvalue weighted by Gasteiger charge is 2.47. The van der Waals surface area contributed by atoms with Crippen molar-refractivity contribution in [1.29, 1.82) is 0 Å². The second-order valence-electron chi connectivity index (χ2n) is 16.0. The number of rotatable bonds is 9. The number of ether oxygens (including phenoxy) is 3. The standard InChI is InChI=1S/C38H50F2N6O4/c1-48-27-13-24-6-7-25(14-27)46(24)19-28(49-2)20-50-37-43-34-29(36(44-37)45-17-22-4-5-23(18-45)41-22)16-30(39)32(33(34)40)31-15-26(47)12-21-8-11-38(9-3-10-38)35(21)42-31/h12,15-16,22-25,27-28,30,32,41-42,47H,3-11,13-14,17-20H2,1-2H3/t22?,23?,24?,25?,27?,28-,30?,32?/m1/s1. The van der Waals surface area contributed by atoms with E-state index in [9.17, 15) is 5.11 Å². The van der Waals surface area contributed by atoms with Gasteiger partial charge in [0.2, 0.25) is 0 Å². The number of fused-ring (bicyclic) bond motifs is 6. The van der Waals surface area contributed by atoms with Gasteiger partial charge in [-0.2, -0.15) is 9.97 Å². The van der Waals surface area contributed by atoms with E-state index < -0.39 is 17.9 Å². The third-order valence-corrected chi connectivity index (χ3v) is 13.2. The molecule has 1 saturated carbocycles. The van der Waals surface area contributed by atoms with E-state index in [4.69, 9.17) is 19.2 Å². The summed E-state index contributed by atoms with van der Waals surface area (Å²) in [4.78, 5) is 14.2. The molecule has 3 N–H and O–H groups in total. The van der Waals surface area contributed by atoms with Gasteiger partial charge in [0.05, 0.1) is 12.0 Å². The molecule has 4 saturated heterocycles. The molecule has 0 radical (unpaired) electrons. The van der Waals surface area contributed by atoms with Crippen molar-refractivity contribution in [2.24, 2.45) is 11.3 Å². The van der Waals surface area contributed by atoms with Gasteiger partial charge < -0.3 is 34.9 Å². The molecular formula is C38H50F2N6O4. The lowest BCUT2D eigenvalue weighted by Gasteiger charge is -2.42. The molecule has 270 valence electrons. The van der Waals surface area contributed by atoms with Crippen LogP contribution in [0.3, 0.4) is 0 Å². The highest BCUT2D eigenvalue weighted by Crippen LogP contribution is 2.56. The Kier molecular flexibility index (Phi) is 8.44. The zero-order chi connectivity index (χ0) is 34.1. The fraction of sp³-hybridized carbons (Fsp3) is 0.684. The molecule has 9 rings (SSSR count). The van der Waals surface area contributed by atoms with Crippen molar-refractivity contribution in [1.82, 2.24) is 25.5 Å². The van der Waals surface area contributed by atoms with E-state index in [1.54, 1.807) is 20.3 Å². The molecule has 6 heterocycles. The van der Waals surface area contributed by atoms with Crippen LogP contribution < -0.4 is 30.8 Å². The summed E-state index contributed by atoms with van der Waals surface area (Å²) in [6.45, 7) is 2.31. The van der Waals surface area contributed by atoms with Gasteiger partial charge >= 0.3 is 6.01 Å². The normalized spacial score (nSPS) is 34.7. The number of halogens is 2. The molecule has 1 aromatic heterocycles. The van der Waals surface area contributed by atoms with Crippen LogP contribution in [-0.2, 0) is 9.47 Å². The van der Waals surface area contributed by atoms with Gasteiger partial charge in [0.25, 0.3) is 0 Å². The average molecular weight is 693 g/mol. The van der Waals surface area contributed by atoms with Gasteiger partial charge in [0, 0.05) is 80.0 Å². The molecule has 4 bridgehead atoms. The number of piperazine rings is 1. The predicted octanol–water partition coefficient (Wildman–Crippen LogP) is 3.43. The summed E-state index contributed by atoms with van der Waals surface area (Å²) < 4.78 is 51.4. The largest absolute Gasteiger partial charge is 0.508 e. The number of aromatic nitrogens is 2. The number of piperidine rings is 1. The summed E-state index contributed by atoms with van der Waals surface area (Å²) in [5.74, 6) is -1.45. The minimum absolute atomic E-state index is 0.00319. The van der Waals surface area contributed by atoms with Crippen molar-refractivity contribution < 1.29 is 28.1 Å². The minimum atomic E-state index is -1.68. The third kappa shape index (κ3) is 5.65. The van der Waals surface area contributed by atoms with Crippen LogP contribution >= 0.6 is 0 Å². The molecule has 12 heteroatoms. The summed E-state index contributed by atoms with van der Waals surface area (Å²) in [6.07, 6.45) is 14.7. The predicted molar refractivity (Wildman–Crippen MR) is 185 cm³/mol. The summed E-state index contributed by atoms with van der Waals surface area (Å²) in [5, 5.41) is 18.4. The molecule has 7 atom stereocenters. The molecule has 1 aromatic rings. The Bertz CT molecular complexity index is 1720. The van der Waals surface area contributed by atoms with E-state index in [2.05, 4.69) is 25.4 Å².